The lowest BCUT2D eigenvalue weighted by molar-refractivity contribution is 1.07. The predicted octanol–water partition coefficient (Wildman–Crippen LogP) is 13.2. The van der Waals surface area contributed by atoms with E-state index < -0.39 is 0 Å². The van der Waals surface area contributed by atoms with Crippen molar-refractivity contribution in [2.24, 2.45) is 0 Å². The zero-order valence-electron chi connectivity index (χ0n) is 34.6. The highest BCUT2D eigenvalue weighted by molar-refractivity contribution is 7.26. The summed E-state index contributed by atoms with van der Waals surface area (Å²) in [5.74, 6) is 1.40. The Hall–Kier alpha value is -6.95. The molecule has 0 atom stereocenters. The van der Waals surface area contributed by atoms with Gasteiger partial charge in [-0.05, 0) is 35.0 Å². The van der Waals surface area contributed by atoms with Crippen LogP contribution in [0.1, 0.15) is 8.22 Å². The van der Waals surface area contributed by atoms with Gasteiger partial charge in [-0.1, -0.05) is 158 Å². The van der Waals surface area contributed by atoms with Gasteiger partial charge in [0.2, 0.25) is 0 Å². The molecule has 0 radical (unpaired) electrons. The van der Waals surface area contributed by atoms with Gasteiger partial charge in [0.25, 0.3) is 0 Å². The minimum atomic E-state index is -0.170. The number of aromatic nitrogens is 4. The SMILES string of the molecule is [2H]c1cc([2H])c2c(c1[2H])c1c([2H])c([2H])cc([2H])c1n2-c1cc(-c2nc(-c3ccccc3)nc(-c3cccc4ccccc34)n2)ccc1-c1cccc2c1sc1ccccc12. The minimum Gasteiger partial charge on any atom is -0.309 e. The molecule has 5 heteroatoms. The molecule has 0 spiro atoms. The van der Waals surface area contributed by atoms with E-state index in [4.69, 9.17) is 20.4 Å². The van der Waals surface area contributed by atoms with Crippen molar-refractivity contribution in [2.45, 2.75) is 0 Å². The average Bonchev–Trinajstić information content (AvgIpc) is 3.85. The number of para-hydroxylation sites is 2. The van der Waals surface area contributed by atoms with E-state index in [1.165, 1.54) is 12.1 Å². The molecule has 11 rings (SSSR count). The van der Waals surface area contributed by atoms with Gasteiger partial charge in [-0.3, -0.25) is 0 Å². The fraction of sp³-hybridized carbons (Fsp3) is 0. The lowest BCUT2D eigenvalue weighted by atomic mass is 9.98. The first-order valence-electron chi connectivity index (χ1n) is 20.6. The van der Waals surface area contributed by atoms with Crippen LogP contribution in [0.25, 0.3) is 104 Å². The molecule has 3 aromatic heterocycles. The van der Waals surface area contributed by atoms with Crippen LogP contribution in [0.5, 0.6) is 0 Å². The smallest absolute Gasteiger partial charge is 0.164 e. The monoisotopic (exact) mass is 712 g/mol. The van der Waals surface area contributed by atoms with E-state index in [9.17, 15) is 2.74 Å². The molecule has 4 nitrogen and oxygen atoms in total. The molecule has 0 N–H and O–H groups in total. The molecule has 0 amide bonds. The van der Waals surface area contributed by atoms with Crippen LogP contribution in [-0.4, -0.2) is 19.5 Å². The maximum absolute atomic E-state index is 9.30. The summed E-state index contributed by atoms with van der Waals surface area (Å²) >= 11 is 1.69. The number of fused-ring (bicyclic) bond motifs is 7. The van der Waals surface area contributed by atoms with Crippen molar-refractivity contribution in [1.82, 2.24) is 19.5 Å². The third-order valence-electron chi connectivity index (χ3n) is 10.0. The lowest BCUT2D eigenvalue weighted by Gasteiger charge is -2.17. The lowest BCUT2D eigenvalue weighted by Crippen LogP contribution is -2.02. The first-order valence-corrected chi connectivity index (χ1v) is 18.4. The Morgan fingerprint density at radius 3 is 1.89 bits per heavy atom. The Kier molecular flexibility index (Phi) is 5.73. The molecule has 0 aliphatic heterocycles. The van der Waals surface area contributed by atoms with E-state index in [2.05, 4.69) is 42.5 Å². The molecule has 0 unspecified atom stereocenters. The van der Waals surface area contributed by atoms with Crippen LogP contribution in [0.4, 0.5) is 0 Å². The van der Waals surface area contributed by atoms with Crippen LogP contribution in [0.15, 0.2) is 182 Å². The Morgan fingerprint density at radius 2 is 1.07 bits per heavy atom. The molecule has 54 heavy (non-hydrogen) atoms. The van der Waals surface area contributed by atoms with Gasteiger partial charge in [0.05, 0.1) is 24.9 Å². The highest BCUT2D eigenvalue weighted by Gasteiger charge is 2.21. The topological polar surface area (TPSA) is 43.6 Å². The Balaban J connectivity index is 1.27. The number of rotatable bonds is 5. The second-order valence-corrected chi connectivity index (χ2v) is 14.2. The molecule has 0 fully saturated rings. The second-order valence-electron chi connectivity index (χ2n) is 13.1. The summed E-state index contributed by atoms with van der Waals surface area (Å²) in [4.78, 5) is 15.3. The van der Waals surface area contributed by atoms with E-state index in [0.29, 0.717) is 28.7 Å². The second kappa shape index (κ2) is 12.3. The fourth-order valence-electron chi connectivity index (χ4n) is 7.56. The summed E-state index contributed by atoms with van der Waals surface area (Å²) in [7, 11) is 0. The first-order chi connectivity index (χ1) is 29.2. The molecule has 0 saturated carbocycles. The van der Waals surface area contributed by atoms with Crippen LogP contribution in [0.2, 0.25) is 0 Å². The summed E-state index contributed by atoms with van der Waals surface area (Å²) < 4.78 is 58.0. The highest BCUT2D eigenvalue weighted by Crippen LogP contribution is 2.44. The molecular formula is C49H30N4S. The number of thiophene rings is 1. The van der Waals surface area contributed by atoms with Gasteiger partial charge in [0, 0.05) is 58.8 Å². The summed E-state index contributed by atoms with van der Waals surface area (Å²) in [5.41, 5.74) is 5.13. The molecule has 3 heterocycles. The van der Waals surface area contributed by atoms with Crippen LogP contribution in [0, 0.1) is 0 Å². The number of nitrogens with zero attached hydrogens (tertiary/aromatic N) is 4. The van der Waals surface area contributed by atoms with E-state index in [1.807, 2.05) is 91.0 Å². The van der Waals surface area contributed by atoms with Crippen molar-refractivity contribution in [3.05, 3.63) is 182 Å². The van der Waals surface area contributed by atoms with Crippen LogP contribution < -0.4 is 0 Å². The van der Waals surface area contributed by atoms with Gasteiger partial charge in [0.15, 0.2) is 17.5 Å². The largest absolute Gasteiger partial charge is 0.309 e. The zero-order chi connectivity index (χ0) is 40.8. The quantitative estimate of drug-likeness (QED) is 0.178. The number of hydrogen-bond acceptors (Lipinski definition) is 4. The van der Waals surface area contributed by atoms with Crippen molar-refractivity contribution >= 4 is 64.1 Å². The van der Waals surface area contributed by atoms with Crippen LogP contribution in [0.3, 0.4) is 0 Å². The Morgan fingerprint density at radius 1 is 0.444 bits per heavy atom. The predicted molar refractivity (Wildman–Crippen MR) is 226 cm³/mol. The highest BCUT2D eigenvalue weighted by atomic mass is 32.1. The molecule has 0 saturated heterocycles. The summed E-state index contributed by atoms with van der Waals surface area (Å²) in [5, 5.41) is 4.67. The maximum atomic E-state index is 9.30. The Bertz CT molecular complexity index is 3510. The minimum absolute atomic E-state index is 0.0336. The molecule has 252 valence electrons. The maximum Gasteiger partial charge on any atom is 0.164 e. The van der Waals surface area contributed by atoms with Crippen molar-refractivity contribution in [3.63, 3.8) is 0 Å². The third kappa shape index (κ3) is 4.86. The van der Waals surface area contributed by atoms with Gasteiger partial charge in [-0.2, -0.15) is 0 Å². The summed E-state index contributed by atoms with van der Waals surface area (Å²) in [6.45, 7) is 0. The standard InChI is InChI=1S/C49H30N4S/c1-2-15-32(16-3-1)47-50-48(52-49(51-47)41-24-12-17-31-14-4-5-18-34(31)41)33-28-29-37(39-22-13-23-40-38-21-8-11-27-45(38)54-46(39)40)44(30-33)53-42-25-9-6-19-35(42)36-20-7-10-26-43(36)53/h1-30H/i6D,7D,19D,20D,25D,26D. The van der Waals surface area contributed by atoms with Crippen molar-refractivity contribution < 1.29 is 8.22 Å². The van der Waals surface area contributed by atoms with Gasteiger partial charge in [0.1, 0.15) is 0 Å². The van der Waals surface area contributed by atoms with Gasteiger partial charge < -0.3 is 4.57 Å². The number of hydrogen-bond donors (Lipinski definition) is 0. The molecule has 11 aromatic rings. The summed E-state index contributed by atoms with van der Waals surface area (Å²) in [6, 6.07) is 46.3. The fourth-order valence-corrected chi connectivity index (χ4v) is 8.79. The van der Waals surface area contributed by atoms with Crippen LogP contribution >= 0.6 is 11.3 Å². The first kappa shape index (κ1) is 25.1. The van der Waals surface area contributed by atoms with Crippen molar-refractivity contribution in [2.75, 3.05) is 0 Å². The molecule has 8 aromatic carbocycles. The van der Waals surface area contributed by atoms with Crippen molar-refractivity contribution in [1.29, 1.82) is 0 Å². The molecule has 0 bridgehead atoms. The van der Waals surface area contributed by atoms with Gasteiger partial charge >= 0.3 is 0 Å². The zero-order valence-corrected chi connectivity index (χ0v) is 29.4. The van der Waals surface area contributed by atoms with E-state index in [-0.39, 0.29) is 58.1 Å². The number of benzene rings is 8. The van der Waals surface area contributed by atoms with E-state index in [0.717, 1.165) is 53.2 Å². The van der Waals surface area contributed by atoms with E-state index >= 15 is 0 Å². The van der Waals surface area contributed by atoms with Crippen LogP contribution in [-0.2, 0) is 0 Å². The molecule has 0 aliphatic carbocycles. The molecular weight excluding hydrogens is 677 g/mol. The average molecular weight is 713 g/mol. The summed E-state index contributed by atoms with van der Waals surface area (Å²) in [6.07, 6.45) is 0. The van der Waals surface area contributed by atoms with Crippen molar-refractivity contribution in [3.8, 4) is 51.0 Å². The third-order valence-corrected chi connectivity index (χ3v) is 11.2. The Labute approximate surface area is 323 Å². The normalized spacial score (nSPS) is 13.3. The van der Waals surface area contributed by atoms with Gasteiger partial charge in [-0.25, -0.2) is 15.0 Å². The molecule has 0 aliphatic rings. The van der Waals surface area contributed by atoms with E-state index in [1.54, 1.807) is 15.9 Å². The van der Waals surface area contributed by atoms with Gasteiger partial charge in [-0.15, -0.1) is 11.3 Å².